The molecule has 2 rings (SSSR count). The summed E-state index contributed by atoms with van der Waals surface area (Å²) in [6.45, 7) is 3.65. The van der Waals surface area contributed by atoms with Crippen LogP contribution in [0.1, 0.15) is 25.5 Å². The van der Waals surface area contributed by atoms with Crippen molar-refractivity contribution in [2.45, 2.75) is 26.0 Å². The zero-order valence-corrected chi connectivity index (χ0v) is 15.0. The maximum Gasteiger partial charge on any atom is 0.261 e. The monoisotopic (exact) mass is 377 g/mol. The van der Waals surface area contributed by atoms with Gasteiger partial charge in [-0.3, -0.25) is 4.79 Å². The van der Waals surface area contributed by atoms with Gasteiger partial charge in [-0.2, -0.15) is 0 Å². The molecule has 5 heteroatoms. The number of hydrogen-bond acceptors (Lipinski definition) is 3. The first-order chi connectivity index (χ1) is 11.0. The van der Waals surface area contributed by atoms with Gasteiger partial charge in [0.1, 0.15) is 11.5 Å². The molecule has 2 unspecified atom stereocenters. The van der Waals surface area contributed by atoms with E-state index in [0.29, 0.717) is 5.75 Å². The van der Waals surface area contributed by atoms with Gasteiger partial charge in [0, 0.05) is 10.0 Å². The number of hydrogen-bond donors (Lipinski definition) is 1. The zero-order valence-electron chi connectivity index (χ0n) is 13.4. The molecule has 0 radical (unpaired) electrons. The van der Waals surface area contributed by atoms with Crippen LogP contribution in [0.2, 0.25) is 0 Å². The Hall–Kier alpha value is -2.01. The van der Waals surface area contributed by atoms with Crippen LogP contribution in [-0.2, 0) is 4.79 Å². The standard InChI is InChI=1S/C18H20BrNO3/c1-12(16-6-4-5-7-17(16)22-3)20-18(21)13(2)23-15-10-8-14(19)9-11-15/h4-13H,1-3H3,(H,20,21). The van der Waals surface area contributed by atoms with Crippen LogP contribution in [0.5, 0.6) is 11.5 Å². The molecular weight excluding hydrogens is 358 g/mol. The Kier molecular flexibility index (Phi) is 6.04. The second-order valence-corrected chi connectivity index (χ2v) is 6.10. The number of benzene rings is 2. The third kappa shape index (κ3) is 4.73. The molecule has 0 aliphatic carbocycles. The molecule has 0 saturated heterocycles. The van der Waals surface area contributed by atoms with Gasteiger partial charge in [-0.15, -0.1) is 0 Å². The van der Waals surface area contributed by atoms with Gasteiger partial charge in [0.15, 0.2) is 6.10 Å². The molecule has 0 fully saturated rings. The van der Waals surface area contributed by atoms with E-state index in [0.717, 1.165) is 15.8 Å². The molecule has 2 aromatic carbocycles. The van der Waals surface area contributed by atoms with Gasteiger partial charge in [-0.25, -0.2) is 0 Å². The summed E-state index contributed by atoms with van der Waals surface area (Å²) in [5.74, 6) is 1.23. The SMILES string of the molecule is COc1ccccc1C(C)NC(=O)C(C)Oc1ccc(Br)cc1. The van der Waals surface area contributed by atoms with E-state index in [1.807, 2.05) is 55.5 Å². The lowest BCUT2D eigenvalue weighted by molar-refractivity contribution is -0.127. The van der Waals surface area contributed by atoms with Crippen LogP contribution < -0.4 is 14.8 Å². The molecule has 1 amide bonds. The van der Waals surface area contributed by atoms with E-state index in [1.165, 1.54) is 0 Å². The summed E-state index contributed by atoms with van der Waals surface area (Å²) in [4.78, 5) is 12.3. The number of carbonyl (C=O) groups is 1. The number of carbonyl (C=O) groups excluding carboxylic acids is 1. The van der Waals surface area contributed by atoms with Crippen molar-refractivity contribution >= 4 is 21.8 Å². The number of halogens is 1. The third-order valence-electron chi connectivity index (χ3n) is 3.46. The second kappa shape index (κ2) is 8.02. The zero-order chi connectivity index (χ0) is 16.8. The summed E-state index contributed by atoms with van der Waals surface area (Å²) >= 11 is 3.37. The first-order valence-corrected chi connectivity index (χ1v) is 8.16. The minimum Gasteiger partial charge on any atom is -0.496 e. The van der Waals surface area contributed by atoms with E-state index in [4.69, 9.17) is 9.47 Å². The highest BCUT2D eigenvalue weighted by molar-refractivity contribution is 9.10. The van der Waals surface area contributed by atoms with E-state index < -0.39 is 6.10 Å². The minimum atomic E-state index is -0.590. The normalized spacial score (nSPS) is 13.0. The highest BCUT2D eigenvalue weighted by Crippen LogP contribution is 2.24. The van der Waals surface area contributed by atoms with Crippen molar-refractivity contribution in [3.8, 4) is 11.5 Å². The molecule has 122 valence electrons. The van der Waals surface area contributed by atoms with Crippen molar-refractivity contribution in [1.82, 2.24) is 5.32 Å². The average Bonchev–Trinajstić information content (AvgIpc) is 2.56. The summed E-state index contributed by atoms with van der Waals surface area (Å²) < 4.78 is 12.0. The van der Waals surface area contributed by atoms with E-state index in [-0.39, 0.29) is 11.9 Å². The molecule has 0 spiro atoms. The largest absolute Gasteiger partial charge is 0.496 e. The van der Waals surface area contributed by atoms with Crippen LogP contribution in [0.15, 0.2) is 53.0 Å². The lowest BCUT2D eigenvalue weighted by Gasteiger charge is -2.20. The van der Waals surface area contributed by atoms with Crippen LogP contribution in [-0.4, -0.2) is 19.1 Å². The molecule has 2 aromatic rings. The van der Waals surface area contributed by atoms with Crippen molar-refractivity contribution in [3.05, 3.63) is 58.6 Å². The van der Waals surface area contributed by atoms with E-state index >= 15 is 0 Å². The van der Waals surface area contributed by atoms with Crippen LogP contribution >= 0.6 is 15.9 Å². The van der Waals surface area contributed by atoms with E-state index in [1.54, 1.807) is 14.0 Å². The van der Waals surface area contributed by atoms with Crippen LogP contribution in [0.4, 0.5) is 0 Å². The maximum absolute atomic E-state index is 12.3. The van der Waals surface area contributed by atoms with Crippen molar-refractivity contribution in [3.63, 3.8) is 0 Å². The van der Waals surface area contributed by atoms with Gasteiger partial charge in [-0.1, -0.05) is 34.1 Å². The number of para-hydroxylation sites is 1. The van der Waals surface area contributed by atoms with Crippen molar-refractivity contribution in [2.24, 2.45) is 0 Å². The van der Waals surface area contributed by atoms with Gasteiger partial charge in [0.2, 0.25) is 0 Å². The predicted octanol–water partition coefficient (Wildman–Crippen LogP) is 4.10. The van der Waals surface area contributed by atoms with Gasteiger partial charge in [0.25, 0.3) is 5.91 Å². The molecule has 4 nitrogen and oxygen atoms in total. The van der Waals surface area contributed by atoms with Gasteiger partial charge >= 0.3 is 0 Å². The smallest absolute Gasteiger partial charge is 0.261 e. The van der Waals surface area contributed by atoms with Gasteiger partial charge in [0.05, 0.1) is 13.2 Å². The second-order valence-electron chi connectivity index (χ2n) is 5.19. The Morgan fingerprint density at radius 1 is 1.09 bits per heavy atom. The van der Waals surface area contributed by atoms with Crippen molar-refractivity contribution in [2.75, 3.05) is 7.11 Å². The summed E-state index contributed by atoms with van der Waals surface area (Å²) in [6.07, 6.45) is -0.590. The fourth-order valence-electron chi connectivity index (χ4n) is 2.20. The Labute approximate surface area is 144 Å². The summed E-state index contributed by atoms with van der Waals surface area (Å²) in [6, 6.07) is 14.8. The lowest BCUT2D eigenvalue weighted by atomic mass is 10.1. The molecule has 2 atom stereocenters. The summed E-state index contributed by atoms with van der Waals surface area (Å²) in [5.41, 5.74) is 0.930. The Morgan fingerprint density at radius 2 is 1.74 bits per heavy atom. The molecule has 0 bridgehead atoms. The number of rotatable bonds is 6. The summed E-state index contributed by atoms with van der Waals surface area (Å²) in [5, 5.41) is 2.95. The Bertz CT molecular complexity index is 658. The molecule has 0 aromatic heterocycles. The first-order valence-electron chi connectivity index (χ1n) is 7.36. The molecule has 0 heterocycles. The highest BCUT2D eigenvalue weighted by atomic mass is 79.9. The number of amides is 1. The number of methoxy groups -OCH3 is 1. The van der Waals surface area contributed by atoms with Crippen molar-refractivity contribution < 1.29 is 14.3 Å². The topological polar surface area (TPSA) is 47.6 Å². The molecule has 23 heavy (non-hydrogen) atoms. The predicted molar refractivity (Wildman–Crippen MR) is 93.8 cm³/mol. The van der Waals surface area contributed by atoms with E-state index in [9.17, 15) is 4.79 Å². The molecule has 1 N–H and O–H groups in total. The minimum absolute atomic E-state index is 0.172. The first kappa shape index (κ1) is 17.3. The van der Waals surface area contributed by atoms with Gasteiger partial charge < -0.3 is 14.8 Å². The van der Waals surface area contributed by atoms with Crippen molar-refractivity contribution in [1.29, 1.82) is 0 Å². The lowest BCUT2D eigenvalue weighted by Crippen LogP contribution is -2.37. The molecule has 0 saturated carbocycles. The Morgan fingerprint density at radius 3 is 2.39 bits per heavy atom. The fourth-order valence-corrected chi connectivity index (χ4v) is 2.47. The van der Waals surface area contributed by atoms with Crippen LogP contribution in [0, 0.1) is 0 Å². The third-order valence-corrected chi connectivity index (χ3v) is 3.99. The summed E-state index contributed by atoms with van der Waals surface area (Å²) in [7, 11) is 1.62. The molecule has 0 aliphatic rings. The van der Waals surface area contributed by atoms with Crippen LogP contribution in [0.25, 0.3) is 0 Å². The quantitative estimate of drug-likeness (QED) is 0.823. The number of ether oxygens (including phenoxy) is 2. The molecule has 0 aliphatic heterocycles. The Balaban J connectivity index is 1.98. The van der Waals surface area contributed by atoms with E-state index in [2.05, 4.69) is 21.2 Å². The van der Waals surface area contributed by atoms with Crippen LogP contribution in [0.3, 0.4) is 0 Å². The fraction of sp³-hybridized carbons (Fsp3) is 0.278. The van der Waals surface area contributed by atoms with Gasteiger partial charge in [-0.05, 0) is 44.2 Å². The number of nitrogens with one attached hydrogen (secondary N) is 1. The maximum atomic E-state index is 12.3. The highest BCUT2D eigenvalue weighted by Gasteiger charge is 2.19. The molecular formula is C18H20BrNO3. The average molecular weight is 378 g/mol.